The second-order valence-electron chi connectivity index (χ2n) is 4.98. The van der Waals surface area contributed by atoms with Gasteiger partial charge in [0.25, 0.3) is 0 Å². The van der Waals surface area contributed by atoms with E-state index in [9.17, 15) is 0 Å². The predicted octanol–water partition coefficient (Wildman–Crippen LogP) is 1.43. The molecule has 1 aromatic rings. The molecule has 0 atom stereocenters. The molecule has 0 aliphatic carbocycles. The van der Waals surface area contributed by atoms with Crippen LogP contribution in [-0.4, -0.2) is 41.3 Å². The van der Waals surface area contributed by atoms with Crippen molar-refractivity contribution in [1.29, 1.82) is 0 Å². The van der Waals surface area contributed by atoms with E-state index >= 15 is 0 Å². The number of hydrogen-bond acceptors (Lipinski definition) is 5. The number of aliphatic hydroxyl groups is 1. The van der Waals surface area contributed by atoms with Crippen LogP contribution in [0.25, 0.3) is 0 Å². The van der Waals surface area contributed by atoms with Gasteiger partial charge in [0, 0.05) is 25.7 Å². The van der Waals surface area contributed by atoms with Crippen molar-refractivity contribution in [2.24, 2.45) is 5.92 Å². The Morgan fingerprint density at radius 3 is 2.78 bits per heavy atom. The van der Waals surface area contributed by atoms with E-state index < -0.39 is 0 Å². The van der Waals surface area contributed by atoms with Crippen LogP contribution in [0.3, 0.4) is 0 Å². The summed E-state index contributed by atoms with van der Waals surface area (Å²) in [5.74, 6) is 3.38. The Kier molecular flexibility index (Phi) is 4.36. The number of nitrogens with zero attached hydrogens (tertiary/aromatic N) is 3. The number of rotatable bonds is 4. The molecule has 0 radical (unpaired) electrons. The van der Waals surface area contributed by atoms with Crippen molar-refractivity contribution in [1.82, 2.24) is 9.97 Å². The molecule has 0 amide bonds. The van der Waals surface area contributed by atoms with Gasteiger partial charge in [0.15, 0.2) is 0 Å². The third-order valence-corrected chi connectivity index (χ3v) is 3.35. The van der Waals surface area contributed by atoms with Crippen LogP contribution < -0.4 is 10.2 Å². The molecule has 2 N–H and O–H groups in total. The lowest BCUT2D eigenvalue weighted by molar-refractivity contribution is 0.311. The van der Waals surface area contributed by atoms with Gasteiger partial charge < -0.3 is 15.3 Å². The Balaban J connectivity index is 2.09. The lowest BCUT2D eigenvalue weighted by atomic mass is 9.99. The number of aliphatic hydroxyl groups excluding tert-OH is 1. The normalized spacial score (nSPS) is 16.9. The molecule has 1 aliphatic heterocycles. The molecule has 1 saturated heterocycles. The van der Waals surface area contributed by atoms with Gasteiger partial charge in [-0.3, -0.25) is 0 Å². The van der Waals surface area contributed by atoms with Crippen LogP contribution in [0.15, 0.2) is 6.07 Å². The van der Waals surface area contributed by atoms with E-state index in [0.29, 0.717) is 6.54 Å². The Labute approximate surface area is 108 Å². The molecule has 18 heavy (non-hydrogen) atoms. The average molecular weight is 250 g/mol. The van der Waals surface area contributed by atoms with Crippen LogP contribution >= 0.6 is 0 Å². The maximum absolute atomic E-state index is 8.83. The largest absolute Gasteiger partial charge is 0.395 e. The lowest BCUT2D eigenvalue weighted by Crippen LogP contribution is -2.33. The van der Waals surface area contributed by atoms with Gasteiger partial charge in [-0.25, -0.2) is 9.97 Å². The second-order valence-corrected chi connectivity index (χ2v) is 4.98. The molecule has 0 unspecified atom stereocenters. The molecular formula is C13H22N4O. The fraction of sp³-hybridized carbons (Fsp3) is 0.692. The van der Waals surface area contributed by atoms with Crippen LogP contribution in [0.1, 0.15) is 25.6 Å². The van der Waals surface area contributed by atoms with Crippen molar-refractivity contribution in [3.05, 3.63) is 11.9 Å². The molecule has 0 bridgehead atoms. The zero-order valence-electron chi connectivity index (χ0n) is 11.2. The molecule has 2 rings (SSSR count). The number of piperidine rings is 1. The summed E-state index contributed by atoms with van der Waals surface area (Å²) in [6.45, 7) is 6.97. The quantitative estimate of drug-likeness (QED) is 0.846. The van der Waals surface area contributed by atoms with E-state index in [1.54, 1.807) is 0 Å². The van der Waals surface area contributed by atoms with Gasteiger partial charge in [0.05, 0.1) is 6.61 Å². The summed E-state index contributed by atoms with van der Waals surface area (Å²) in [5, 5.41) is 11.9. The lowest BCUT2D eigenvalue weighted by Gasteiger charge is -2.31. The summed E-state index contributed by atoms with van der Waals surface area (Å²) in [6, 6.07) is 1.97. The highest BCUT2D eigenvalue weighted by Gasteiger charge is 2.17. The van der Waals surface area contributed by atoms with E-state index in [1.165, 1.54) is 12.8 Å². The molecule has 5 nitrogen and oxygen atoms in total. The number of aryl methyl sites for hydroxylation is 1. The van der Waals surface area contributed by atoms with E-state index in [2.05, 4.69) is 27.1 Å². The first-order chi connectivity index (χ1) is 8.69. The van der Waals surface area contributed by atoms with Gasteiger partial charge in [0.2, 0.25) is 0 Å². The van der Waals surface area contributed by atoms with Gasteiger partial charge in [-0.1, -0.05) is 6.92 Å². The van der Waals surface area contributed by atoms with Gasteiger partial charge in [-0.05, 0) is 25.7 Å². The number of anilines is 2. The summed E-state index contributed by atoms with van der Waals surface area (Å²) >= 11 is 0. The Morgan fingerprint density at radius 1 is 1.39 bits per heavy atom. The fourth-order valence-electron chi connectivity index (χ4n) is 2.23. The second kappa shape index (κ2) is 6.00. The third kappa shape index (κ3) is 3.32. The van der Waals surface area contributed by atoms with E-state index in [0.717, 1.165) is 36.5 Å². The minimum absolute atomic E-state index is 0.111. The Hall–Kier alpha value is -1.36. The molecular weight excluding hydrogens is 228 g/mol. The van der Waals surface area contributed by atoms with Gasteiger partial charge in [-0.15, -0.1) is 0 Å². The highest BCUT2D eigenvalue weighted by atomic mass is 16.3. The first kappa shape index (κ1) is 13.1. The minimum atomic E-state index is 0.111. The highest BCUT2D eigenvalue weighted by Crippen LogP contribution is 2.22. The molecule has 2 heterocycles. The first-order valence-corrected chi connectivity index (χ1v) is 6.64. The van der Waals surface area contributed by atoms with Crippen molar-refractivity contribution in [3.63, 3.8) is 0 Å². The Bertz CT molecular complexity index is 389. The SMILES string of the molecule is Cc1nc(NCCO)cc(N2CCC(C)CC2)n1. The molecule has 100 valence electrons. The molecule has 0 spiro atoms. The standard InChI is InChI=1S/C13H22N4O/c1-10-3-6-17(7-4-10)13-9-12(14-5-8-18)15-11(2)16-13/h9-10,18H,3-8H2,1-2H3,(H,14,15,16). The monoisotopic (exact) mass is 250 g/mol. The Morgan fingerprint density at radius 2 is 2.11 bits per heavy atom. The van der Waals surface area contributed by atoms with Crippen LogP contribution in [-0.2, 0) is 0 Å². The summed E-state index contributed by atoms with van der Waals surface area (Å²) in [5.41, 5.74) is 0. The molecule has 0 aromatic carbocycles. The summed E-state index contributed by atoms with van der Waals surface area (Å²) in [4.78, 5) is 11.1. The van der Waals surface area contributed by atoms with E-state index in [1.807, 2.05) is 13.0 Å². The van der Waals surface area contributed by atoms with E-state index in [-0.39, 0.29) is 6.61 Å². The highest BCUT2D eigenvalue weighted by molar-refractivity contribution is 5.49. The van der Waals surface area contributed by atoms with Gasteiger partial charge in [0.1, 0.15) is 17.5 Å². The van der Waals surface area contributed by atoms with Gasteiger partial charge >= 0.3 is 0 Å². The van der Waals surface area contributed by atoms with Crippen molar-refractivity contribution in [2.45, 2.75) is 26.7 Å². The smallest absolute Gasteiger partial charge is 0.134 e. The topological polar surface area (TPSA) is 61.3 Å². The zero-order chi connectivity index (χ0) is 13.0. The predicted molar refractivity (Wildman–Crippen MR) is 73.0 cm³/mol. The maximum atomic E-state index is 8.83. The van der Waals surface area contributed by atoms with Crippen molar-refractivity contribution in [3.8, 4) is 0 Å². The average Bonchev–Trinajstić information content (AvgIpc) is 2.36. The summed E-state index contributed by atoms with van der Waals surface area (Å²) in [6.07, 6.45) is 2.45. The van der Waals surface area contributed by atoms with Crippen LogP contribution in [0.5, 0.6) is 0 Å². The number of aromatic nitrogens is 2. The molecule has 1 aliphatic rings. The fourth-order valence-corrected chi connectivity index (χ4v) is 2.23. The van der Waals surface area contributed by atoms with Crippen LogP contribution in [0, 0.1) is 12.8 Å². The van der Waals surface area contributed by atoms with Crippen molar-refractivity contribution >= 4 is 11.6 Å². The molecule has 5 heteroatoms. The third-order valence-electron chi connectivity index (χ3n) is 3.35. The van der Waals surface area contributed by atoms with Crippen molar-refractivity contribution < 1.29 is 5.11 Å². The number of hydrogen-bond donors (Lipinski definition) is 2. The summed E-state index contributed by atoms with van der Waals surface area (Å²) < 4.78 is 0. The van der Waals surface area contributed by atoms with Crippen molar-refractivity contribution in [2.75, 3.05) is 36.5 Å². The minimum Gasteiger partial charge on any atom is -0.395 e. The summed E-state index contributed by atoms with van der Waals surface area (Å²) in [7, 11) is 0. The van der Waals surface area contributed by atoms with Gasteiger partial charge in [-0.2, -0.15) is 0 Å². The zero-order valence-corrected chi connectivity index (χ0v) is 11.2. The first-order valence-electron chi connectivity index (χ1n) is 6.64. The van der Waals surface area contributed by atoms with Crippen LogP contribution in [0.2, 0.25) is 0 Å². The molecule has 0 saturated carbocycles. The van der Waals surface area contributed by atoms with Crippen LogP contribution in [0.4, 0.5) is 11.6 Å². The molecule has 1 aromatic heterocycles. The molecule has 1 fully saturated rings. The maximum Gasteiger partial charge on any atom is 0.134 e. The van der Waals surface area contributed by atoms with E-state index in [4.69, 9.17) is 5.11 Å². The number of nitrogens with one attached hydrogen (secondary N) is 1.